The van der Waals surface area contributed by atoms with Gasteiger partial charge in [0.25, 0.3) is 5.91 Å². The van der Waals surface area contributed by atoms with Crippen molar-refractivity contribution in [3.05, 3.63) is 23.8 Å². The number of nitrogens with zero attached hydrogens (tertiary/aromatic N) is 3. The van der Waals surface area contributed by atoms with Gasteiger partial charge in [0.1, 0.15) is 5.52 Å². The molecule has 1 fully saturated rings. The highest BCUT2D eigenvalue weighted by molar-refractivity contribution is 7.91. The van der Waals surface area contributed by atoms with Crippen LogP contribution in [-0.2, 0) is 25.9 Å². The summed E-state index contributed by atoms with van der Waals surface area (Å²) in [6, 6.07) is 4.44. The molecule has 0 bridgehead atoms. The SMILES string of the molecule is CCn1nnc2cc(C(=O)O[C@@H](C)C(=O)N[C@@H]3CCS(=O)(=O)C3)ccc21. The largest absolute Gasteiger partial charge is 0.449 e. The molecule has 2 aromatic rings. The first-order valence-electron chi connectivity index (χ1n) is 8.34. The molecule has 1 amide bonds. The van der Waals surface area contributed by atoms with Gasteiger partial charge in [0, 0.05) is 12.6 Å². The Morgan fingerprint density at radius 1 is 1.42 bits per heavy atom. The Morgan fingerprint density at radius 2 is 2.19 bits per heavy atom. The highest BCUT2D eigenvalue weighted by atomic mass is 32.2. The number of nitrogens with one attached hydrogen (secondary N) is 1. The summed E-state index contributed by atoms with van der Waals surface area (Å²) in [6.07, 6.45) is -0.661. The van der Waals surface area contributed by atoms with Crippen LogP contribution >= 0.6 is 0 Å². The second kappa shape index (κ2) is 7.02. The van der Waals surface area contributed by atoms with E-state index in [2.05, 4.69) is 15.6 Å². The lowest BCUT2D eigenvalue weighted by Crippen LogP contribution is -2.42. The Morgan fingerprint density at radius 3 is 2.85 bits per heavy atom. The first kappa shape index (κ1) is 18.3. The summed E-state index contributed by atoms with van der Waals surface area (Å²) in [6.45, 7) is 4.04. The summed E-state index contributed by atoms with van der Waals surface area (Å²) in [5.41, 5.74) is 1.63. The first-order valence-corrected chi connectivity index (χ1v) is 10.2. The lowest BCUT2D eigenvalue weighted by molar-refractivity contribution is -0.129. The van der Waals surface area contributed by atoms with Gasteiger partial charge in [-0.3, -0.25) is 4.79 Å². The topological polar surface area (TPSA) is 120 Å². The minimum Gasteiger partial charge on any atom is -0.449 e. The predicted molar refractivity (Wildman–Crippen MR) is 93.3 cm³/mol. The maximum atomic E-state index is 12.3. The van der Waals surface area contributed by atoms with E-state index in [1.165, 1.54) is 6.92 Å². The van der Waals surface area contributed by atoms with Gasteiger partial charge in [0.2, 0.25) is 0 Å². The lowest BCUT2D eigenvalue weighted by Gasteiger charge is -2.16. The number of aryl methyl sites for hydroxylation is 1. The highest BCUT2D eigenvalue weighted by Gasteiger charge is 2.30. The summed E-state index contributed by atoms with van der Waals surface area (Å²) >= 11 is 0. The number of benzene rings is 1. The lowest BCUT2D eigenvalue weighted by atomic mass is 10.2. The van der Waals surface area contributed by atoms with Crippen LogP contribution in [0.15, 0.2) is 18.2 Å². The van der Waals surface area contributed by atoms with E-state index in [1.807, 2.05) is 6.92 Å². The van der Waals surface area contributed by atoms with Crippen molar-refractivity contribution in [3.8, 4) is 0 Å². The molecule has 2 atom stereocenters. The van der Waals surface area contributed by atoms with Gasteiger partial charge in [-0.25, -0.2) is 17.9 Å². The maximum Gasteiger partial charge on any atom is 0.338 e. The zero-order valence-electron chi connectivity index (χ0n) is 14.5. The normalized spacial score (nSPS) is 20.0. The van der Waals surface area contributed by atoms with Crippen LogP contribution in [0.3, 0.4) is 0 Å². The molecule has 9 nitrogen and oxygen atoms in total. The van der Waals surface area contributed by atoms with Crippen molar-refractivity contribution in [2.45, 2.75) is 39.0 Å². The number of amides is 1. The molecule has 0 spiro atoms. The van der Waals surface area contributed by atoms with Crippen LogP contribution in [0.1, 0.15) is 30.6 Å². The van der Waals surface area contributed by atoms with Gasteiger partial charge in [-0.2, -0.15) is 0 Å². The second-order valence-electron chi connectivity index (χ2n) is 6.26. The molecule has 1 N–H and O–H groups in total. The van der Waals surface area contributed by atoms with Crippen molar-refractivity contribution < 1.29 is 22.7 Å². The Bertz CT molecular complexity index is 953. The third kappa shape index (κ3) is 3.85. The average molecular weight is 380 g/mol. The van der Waals surface area contributed by atoms with Crippen LogP contribution in [0.2, 0.25) is 0 Å². The molecule has 140 valence electrons. The number of esters is 1. The fourth-order valence-electron chi connectivity index (χ4n) is 2.84. The Hall–Kier alpha value is -2.49. The molecule has 1 aromatic carbocycles. The number of rotatable bonds is 5. The average Bonchev–Trinajstić information content (AvgIpc) is 3.16. The van der Waals surface area contributed by atoms with E-state index in [9.17, 15) is 18.0 Å². The Kier molecular flexibility index (Phi) is 4.94. The van der Waals surface area contributed by atoms with Crippen LogP contribution < -0.4 is 5.32 Å². The molecule has 10 heteroatoms. The zero-order valence-corrected chi connectivity index (χ0v) is 15.3. The van der Waals surface area contributed by atoms with E-state index in [0.29, 0.717) is 18.5 Å². The second-order valence-corrected chi connectivity index (χ2v) is 8.49. The third-order valence-corrected chi connectivity index (χ3v) is 6.05. The van der Waals surface area contributed by atoms with Crippen molar-refractivity contribution in [1.82, 2.24) is 20.3 Å². The smallest absolute Gasteiger partial charge is 0.338 e. The summed E-state index contributed by atoms with van der Waals surface area (Å²) < 4.78 is 29.8. The van der Waals surface area contributed by atoms with Gasteiger partial charge in [-0.05, 0) is 38.5 Å². The number of sulfone groups is 1. The molecule has 0 radical (unpaired) electrons. The van der Waals surface area contributed by atoms with Crippen LogP contribution in [0.25, 0.3) is 11.0 Å². The van der Waals surface area contributed by atoms with Crippen LogP contribution in [0.5, 0.6) is 0 Å². The van der Waals surface area contributed by atoms with Crippen molar-refractivity contribution in [1.29, 1.82) is 0 Å². The molecule has 1 saturated heterocycles. The molecule has 26 heavy (non-hydrogen) atoms. The molecule has 0 aliphatic carbocycles. The van der Waals surface area contributed by atoms with Crippen molar-refractivity contribution in [2.75, 3.05) is 11.5 Å². The fraction of sp³-hybridized carbons (Fsp3) is 0.500. The minimum atomic E-state index is -3.09. The number of aromatic nitrogens is 3. The summed E-state index contributed by atoms with van der Waals surface area (Å²) in [5, 5.41) is 10.6. The highest BCUT2D eigenvalue weighted by Crippen LogP contribution is 2.15. The minimum absolute atomic E-state index is 0.0601. The number of carbonyl (C=O) groups excluding carboxylic acids is 2. The molecule has 1 aromatic heterocycles. The van der Waals surface area contributed by atoms with Crippen LogP contribution in [0, 0.1) is 0 Å². The van der Waals surface area contributed by atoms with Gasteiger partial charge < -0.3 is 10.1 Å². The van der Waals surface area contributed by atoms with E-state index < -0.39 is 33.9 Å². The van der Waals surface area contributed by atoms with E-state index in [1.54, 1.807) is 22.9 Å². The molecule has 2 heterocycles. The van der Waals surface area contributed by atoms with E-state index in [0.717, 1.165) is 5.52 Å². The zero-order chi connectivity index (χ0) is 18.9. The third-order valence-electron chi connectivity index (χ3n) is 4.28. The molecular formula is C16H20N4O5S. The van der Waals surface area contributed by atoms with Gasteiger partial charge in [0.15, 0.2) is 15.9 Å². The molecule has 1 aliphatic rings. The number of hydrogen-bond acceptors (Lipinski definition) is 7. The Balaban J connectivity index is 1.62. The van der Waals surface area contributed by atoms with E-state index >= 15 is 0 Å². The number of ether oxygens (including phenoxy) is 1. The van der Waals surface area contributed by atoms with Crippen molar-refractivity contribution in [3.63, 3.8) is 0 Å². The number of fused-ring (bicyclic) bond motifs is 1. The summed E-state index contributed by atoms with van der Waals surface area (Å²) in [5.74, 6) is -1.19. The van der Waals surface area contributed by atoms with Gasteiger partial charge in [0.05, 0.1) is 22.6 Å². The quantitative estimate of drug-likeness (QED) is 0.741. The monoisotopic (exact) mass is 380 g/mol. The molecular weight excluding hydrogens is 360 g/mol. The first-order chi connectivity index (χ1) is 12.3. The van der Waals surface area contributed by atoms with E-state index in [-0.39, 0.29) is 17.1 Å². The molecule has 0 unspecified atom stereocenters. The van der Waals surface area contributed by atoms with Gasteiger partial charge >= 0.3 is 5.97 Å². The standard InChI is InChI=1S/C16H20N4O5S/c1-3-20-14-5-4-11(8-13(14)18-19-20)16(22)25-10(2)15(21)17-12-6-7-26(23,24)9-12/h4-5,8,10,12H,3,6-7,9H2,1-2H3,(H,17,21)/t10-,12+/m0/s1. The summed E-state index contributed by atoms with van der Waals surface area (Å²) in [7, 11) is -3.09. The van der Waals surface area contributed by atoms with Crippen LogP contribution in [0.4, 0.5) is 0 Å². The molecule has 3 rings (SSSR count). The van der Waals surface area contributed by atoms with Crippen molar-refractivity contribution >= 4 is 32.7 Å². The molecule has 1 aliphatic heterocycles. The number of hydrogen-bond donors (Lipinski definition) is 1. The van der Waals surface area contributed by atoms with Gasteiger partial charge in [-0.15, -0.1) is 5.10 Å². The maximum absolute atomic E-state index is 12.3. The van der Waals surface area contributed by atoms with Crippen molar-refractivity contribution in [2.24, 2.45) is 0 Å². The predicted octanol–water partition coefficient (Wildman–Crippen LogP) is 0.300. The van der Waals surface area contributed by atoms with Gasteiger partial charge in [-0.1, -0.05) is 5.21 Å². The molecule has 0 saturated carbocycles. The van der Waals surface area contributed by atoms with Crippen LogP contribution in [-0.4, -0.2) is 58.9 Å². The Labute approximate surface area is 150 Å². The fourth-order valence-corrected chi connectivity index (χ4v) is 4.52. The van der Waals surface area contributed by atoms with E-state index in [4.69, 9.17) is 4.74 Å². The summed E-state index contributed by atoms with van der Waals surface area (Å²) in [4.78, 5) is 24.4. The number of carbonyl (C=O) groups is 2.